The van der Waals surface area contributed by atoms with Gasteiger partial charge in [-0.15, -0.1) is 0 Å². The maximum absolute atomic E-state index is 13.5. The quantitative estimate of drug-likeness (QED) is 0.189. The number of ether oxygens (including phenoxy) is 2. The predicted octanol–water partition coefficient (Wildman–Crippen LogP) is 8.65. The molecule has 11 heteroatoms. The zero-order chi connectivity index (χ0) is 27.8. The molecule has 0 amide bonds. The van der Waals surface area contributed by atoms with Crippen LogP contribution in [-0.2, 0) is 12.0 Å². The Bertz CT molecular complexity index is 1630. The Hall–Kier alpha value is -2.10. The standard InChI is InChI=1S/C27H22Br2Cl3N3O3/c1-27(2,3)26-34-20-8-6-16(28)10-18(20)25(36)35(26)33-12-15-9-21(37-4)24(23(32)22(15)29)38-13-14-5-7-17(30)11-19(14)31/h5-12H,13H2,1-4H3. The molecule has 0 aliphatic rings. The Balaban J connectivity index is 1.76. The number of hydrogen-bond donors (Lipinski definition) is 0. The molecule has 0 N–H and O–H groups in total. The Morgan fingerprint density at radius 2 is 1.82 bits per heavy atom. The second-order valence-corrected chi connectivity index (χ2v) is 12.3. The van der Waals surface area contributed by atoms with Gasteiger partial charge in [-0.2, -0.15) is 9.78 Å². The molecule has 0 bridgehead atoms. The fourth-order valence-corrected chi connectivity index (χ4v) is 5.11. The molecule has 0 fully saturated rings. The first kappa shape index (κ1) is 28.9. The third-order valence-corrected chi connectivity index (χ3v) is 8.08. The Morgan fingerprint density at radius 1 is 1.08 bits per heavy atom. The molecule has 4 rings (SSSR count). The lowest BCUT2D eigenvalue weighted by Gasteiger charge is -2.21. The molecule has 0 atom stereocenters. The van der Waals surface area contributed by atoms with Gasteiger partial charge in [0.1, 0.15) is 17.5 Å². The highest BCUT2D eigenvalue weighted by molar-refractivity contribution is 9.10. The van der Waals surface area contributed by atoms with Gasteiger partial charge in [0.2, 0.25) is 0 Å². The summed E-state index contributed by atoms with van der Waals surface area (Å²) in [6.07, 6.45) is 1.53. The van der Waals surface area contributed by atoms with Crippen molar-refractivity contribution in [3.05, 3.63) is 93.8 Å². The van der Waals surface area contributed by atoms with Crippen molar-refractivity contribution in [2.75, 3.05) is 7.11 Å². The van der Waals surface area contributed by atoms with Crippen molar-refractivity contribution in [1.29, 1.82) is 0 Å². The van der Waals surface area contributed by atoms with Crippen LogP contribution in [0.15, 0.2) is 61.3 Å². The van der Waals surface area contributed by atoms with Crippen molar-refractivity contribution < 1.29 is 9.47 Å². The first-order valence-corrected chi connectivity index (χ1v) is 14.0. The summed E-state index contributed by atoms with van der Waals surface area (Å²) in [5.41, 5.74) is 1.17. The minimum atomic E-state index is -0.453. The number of fused-ring (bicyclic) bond motifs is 1. The molecule has 0 saturated carbocycles. The summed E-state index contributed by atoms with van der Waals surface area (Å²) < 4.78 is 14.1. The lowest BCUT2D eigenvalue weighted by atomic mass is 9.95. The summed E-state index contributed by atoms with van der Waals surface area (Å²) in [7, 11) is 1.51. The van der Waals surface area contributed by atoms with Crippen LogP contribution in [0.4, 0.5) is 0 Å². The van der Waals surface area contributed by atoms with Gasteiger partial charge in [0, 0.05) is 35.5 Å². The summed E-state index contributed by atoms with van der Waals surface area (Å²) >= 11 is 25.9. The van der Waals surface area contributed by atoms with Crippen LogP contribution in [-0.4, -0.2) is 23.0 Å². The normalized spacial score (nSPS) is 11.9. The van der Waals surface area contributed by atoms with E-state index in [-0.39, 0.29) is 17.2 Å². The molecule has 1 aromatic heterocycles. The lowest BCUT2D eigenvalue weighted by Crippen LogP contribution is -2.29. The number of benzene rings is 3. The van der Waals surface area contributed by atoms with E-state index < -0.39 is 5.41 Å². The maximum Gasteiger partial charge on any atom is 0.282 e. The molecule has 0 saturated heterocycles. The van der Waals surface area contributed by atoms with E-state index in [9.17, 15) is 4.79 Å². The molecule has 3 aromatic carbocycles. The molecule has 0 radical (unpaired) electrons. The lowest BCUT2D eigenvalue weighted by molar-refractivity contribution is 0.284. The topological polar surface area (TPSA) is 65.7 Å². The van der Waals surface area contributed by atoms with E-state index >= 15 is 0 Å². The molecular weight excluding hydrogens is 680 g/mol. The highest BCUT2D eigenvalue weighted by atomic mass is 79.9. The van der Waals surface area contributed by atoms with E-state index in [2.05, 4.69) is 37.0 Å². The summed E-state index contributed by atoms with van der Waals surface area (Å²) in [5.74, 6) is 1.23. The van der Waals surface area contributed by atoms with Crippen molar-refractivity contribution in [3.8, 4) is 11.5 Å². The molecule has 0 unspecified atom stereocenters. The number of methoxy groups -OCH3 is 1. The predicted molar refractivity (Wildman–Crippen MR) is 162 cm³/mol. The van der Waals surface area contributed by atoms with Crippen LogP contribution in [0.25, 0.3) is 10.9 Å². The first-order valence-electron chi connectivity index (χ1n) is 11.3. The molecule has 6 nitrogen and oxygen atoms in total. The minimum absolute atomic E-state index is 0.147. The van der Waals surface area contributed by atoms with Gasteiger partial charge >= 0.3 is 0 Å². The maximum atomic E-state index is 13.5. The van der Waals surface area contributed by atoms with Crippen LogP contribution < -0.4 is 15.0 Å². The van der Waals surface area contributed by atoms with Gasteiger partial charge in [0.15, 0.2) is 11.5 Å². The Kier molecular flexibility index (Phi) is 8.79. The molecular formula is C27H22Br2Cl3N3O3. The van der Waals surface area contributed by atoms with Gasteiger partial charge in [0.05, 0.1) is 24.2 Å². The van der Waals surface area contributed by atoms with Crippen molar-refractivity contribution >= 4 is 83.8 Å². The first-order chi connectivity index (χ1) is 17.9. The van der Waals surface area contributed by atoms with E-state index in [0.29, 0.717) is 48.3 Å². The van der Waals surface area contributed by atoms with Crippen molar-refractivity contribution in [3.63, 3.8) is 0 Å². The van der Waals surface area contributed by atoms with Crippen LogP contribution in [0.5, 0.6) is 11.5 Å². The SMILES string of the molecule is COc1cc(C=Nn2c(C(C)(C)C)nc3ccc(Br)cc3c2=O)c(Br)c(Cl)c1OCc1ccc(Cl)cc1Cl. The number of nitrogens with zero attached hydrogens (tertiary/aromatic N) is 3. The summed E-state index contributed by atoms with van der Waals surface area (Å²) in [5, 5.41) is 6.26. The highest BCUT2D eigenvalue weighted by Crippen LogP contribution is 2.42. The third kappa shape index (κ3) is 6.05. The molecule has 0 aliphatic carbocycles. The number of hydrogen-bond acceptors (Lipinski definition) is 5. The summed E-state index contributed by atoms with van der Waals surface area (Å²) in [4.78, 5) is 18.2. The number of aromatic nitrogens is 2. The fourth-order valence-electron chi connectivity index (χ4n) is 3.63. The van der Waals surface area contributed by atoms with Crippen LogP contribution in [0.2, 0.25) is 15.1 Å². The molecule has 1 heterocycles. The van der Waals surface area contributed by atoms with Crippen LogP contribution in [0.3, 0.4) is 0 Å². The van der Waals surface area contributed by atoms with Gasteiger partial charge in [0.25, 0.3) is 5.56 Å². The molecule has 198 valence electrons. The zero-order valence-electron chi connectivity index (χ0n) is 20.8. The average molecular weight is 703 g/mol. The van der Waals surface area contributed by atoms with Gasteiger partial charge in [-0.05, 0) is 52.3 Å². The average Bonchev–Trinajstić information content (AvgIpc) is 2.85. The van der Waals surface area contributed by atoms with E-state index in [1.165, 1.54) is 18.0 Å². The monoisotopic (exact) mass is 699 g/mol. The summed E-state index contributed by atoms with van der Waals surface area (Å²) in [6, 6.07) is 12.3. The second kappa shape index (κ2) is 11.6. The molecule has 0 aliphatic heterocycles. The van der Waals surface area contributed by atoms with E-state index in [4.69, 9.17) is 49.3 Å². The largest absolute Gasteiger partial charge is 0.493 e. The van der Waals surface area contributed by atoms with Gasteiger partial charge in [-0.1, -0.05) is 77.6 Å². The molecule has 0 spiro atoms. The van der Waals surface area contributed by atoms with E-state index in [1.54, 1.807) is 36.4 Å². The summed E-state index contributed by atoms with van der Waals surface area (Å²) in [6.45, 7) is 6.07. The number of rotatable bonds is 6. The smallest absolute Gasteiger partial charge is 0.282 e. The van der Waals surface area contributed by atoms with Gasteiger partial charge < -0.3 is 9.47 Å². The van der Waals surface area contributed by atoms with Gasteiger partial charge in [-0.25, -0.2) is 4.98 Å². The van der Waals surface area contributed by atoms with Crippen LogP contribution >= 0.6 is 66.7 Å². The van der Waals surface area contributed by atoms with Crippen molar-refractivity contribution in [2.45, 2.75) is 32.8 Å². The Labute approximate surface area is 251 Å². The Morgan fingerprint density at radius 3 is 2.47 bits per heavy atom. The van der Waals surface area contributed by atoms with Crippen molar-refractivity contribution in [2.24, 2.45) is 5.10 Å². The molecule has 38 heavy (non-hydrogen) atoms. The van der Waals surface area contributed by atoms with Crippen LogP contribution in [0.1, 0.15) is 37.7 Å². The number of halogens is 5. The highest BCUT2D eigenvalue weighted by Gasteiger charge is 2.23. The molecule has 4 aromatic rings. The van der Waals surface area contributed by atoms with E-state index in [1.807, 2.05) is 26.8 Å². The minimum Gasteiger partial charge on any atom is -0.493 e. The zero-order valence-corrected chi connectivity index (χ0v) is 26.2. The van der Waals surface area contributed by atoms with Crippen LogP contribution in [0, 0.1) is 0 Å². The third-order valence-electron chi connectivity index (χ3n) is 5.55. The fraction of sp³-hybridized carbons (Fsp3) is 0.222. The van der Waals surface area contributed by atoms with E-state index in [0.717, 1.165) is 10.0 Å². The van der Waals surface area contributed by atoms with Gasteiger partial charge in [-0.3, -0.25) is 4.79 Å². The van der Waals surface area contributed by atoms with Crippen molar-refractivity contribution in [1.82, 2.24) is 9.66 Å². The second-order valence-electron chi connectivity index (χ2n) is 9.36.